The maximum atomic E-state index is 12.7. The van der Waals surface area contributed by atoms with Gasteiger partial charge in [0.2, 0.25) is 5.91 Å². The highest BCUT2D eigenvalue weighted by Gasteiger charge is 2.53. The molecule has 5 nitrogen and oxygen atoms in total. The van der Waals surface area contributed by atoms with E-state index < -0.39 is 0 Å². The molecule has 0 aromatic heterocycles. The molecule has 0 unspecified atom stereocenters. The van der Waals surface area contributed by atoms with Crippen molar-refractivity contribution < 1.29 is 14.3 Å². The molecule has 4 aliphatic rings. The van der Waals surface area contributed by atoms with Crippen LogP contribution in [0.2, 0.25) is 0 Å². The lowest BCUT2D eigenvalue weighted by atomic mass is 9.67. The summed E-state index contributed by atoms with van der Waals surface area (Å²) >= 11 is 0. The van der Waals surface area contributed by atoms with Gasteiger partial charge in [0.1, 0.15) is 6.61 Å². The summed E-state index contributed by atoms with van der Waals surface area (Å²) in [5, 5.41) is 2.86. The Labute approximate surface area is 154 Å². The predicted molar refractivity (Wildman–Crippen MR) is 96.9 cm³/mol. The molecule has 0 bridgehead atoms. The van der Waals surface area contributed by atoms with Gasteiger partial charge in [0.25, 0.3) is 0 Å². The molecule has 2 amide bonds. The van der Waals surface area contributed by atoms with Gasteiger partial charge in [-0.3, -0.25) is 4.79 Å². The fraction of sp³-hybridized carbons (Fsp3) is 0.619. The van der Waals surface area contributed by atoms with Gasteiger partial charge in [0.15, 0.2) is 0 Å². The van der Waals surface area contributed by atoms with Gasteiger partial charge in [-0.25, -0.2) is 4.79 Å². The maximum absolute atomic E-state index is 12.7. The summed E-state index contributed by atoms with van der Waals surface area (Å²) in [5.41, 5.74) is 2.67. The number of hydrogen-bond donors (Lipinski definition) is 1. The Morgan fingerprint density at radius 2 is 1.88 bits per heavy atom. The SMILES string of the molecule is CN(C(=O)[C@H]1C[C@]2(COC(=O)N2)C1)[C@H]1C[C@@H](c2cccc(C3CC3)c2)C1. The first-order chi connectivity index (χ1) is 12.5. The Bertz CT molecular complexity index is 745. The molecule has 0 radical (unpaired) electrons. The van der Waals surface area contributed by atoms with E-state index in [1.807, 2.05) is 11.9 Å². The van der Waals surface area contributed by atoms with Crippen LogP contribution in [0.5, 0.6) is 0 Å². The molecular weight excluding hydrogens is 328 g/mol. The summed E-state index contributed by atoms with van der Waals surface area (Å²) in [6, 6.07) is 9.43. The second-order valence-electron chi connectivity index (χ2n) is 8.80. The summed E-state index contributed by atoms with van der Waals surface area (Å²) in [6.07, 6.45) is 5.87. The number of benzene rings is 1. The van der Waals surface area contributed by atoms with Crippen molar-refractivity contribution in [2.75, 3.05) is 13.7 Å². The van der Waals surface area contributed by atoms with Gasteiger partial charge in [0, 0.05) is 19.0 Å². The number of carbonyl (C=O) groups is 2. The third kappa shape index (κ3) is 2.68. The molecule has 3 saturated carbocycles. The minimum atomic E-state index is -0.348. The number of rotatable bonds is 4. The minimum Gasteiger partial charge on any atom is -0.447 e. The number of carbonyl (C=O) groups excluding carboxylic acids is 2. The molecule has 1 aromatic rings. The number of amides is 2. The van der Waals surface area contributed by atoms with E-state index in [1.54, 1.807) is 0 Å². The van der Waals surface area contributed by atoms with E-state index in [0.717, 1.165) is 18.8 Å². The summed E-state index contributed by atoms with van der Waals surface area (Å²) in [5.74, 6) is 1.64. The van der Waals surface area contributed by atoms with Gasteiger partial charge >= 0.3 is 6.09 Å². The third-order valence-corrected chi connectivity index (χ3v) is 6.91. The Morgan fingerprint density at radius 1 is 1.19 bits per heavy atom. The smallest absolute Gasteiger partial charge is 0.407 e. The summed E-state index contributed by atoms with van der Waals surface area (Å²) in [6.45, 7) is 0.405. The van der Waals surface area contributed by atoms with Gasteiger partial charge in [-0.15, -0.1) is 0 Å². The molecule has 5 rings (SSSR count). The summed E-state index contributed by atoms with van der Waals surface area (Å²) < 4.78 is 5.00. The van der Waals surface area contributed by atoms with Crippen molar-refractivity contribution in [2.24, 2.45) is 5.92 Å². The summed E-state index contributed by atoms with van der Waals surface area (Å²) in [4.78, 5) is 25.9. The maximum Gasteiger partial charge on any atom is 0.407 e. The molecule has 3 aliphatic carbocycles. The summed E-state index contributed by atoms with van der Waals surface area (Å²) in [7, 11) is 1.94. The van der Waals surface area contributed by atoms with Gasteiger partial charge in [0.05, 0.1) is 5.54 Å². The van der Waals surface area contributed by atoms with E-state index >= 15 is 0 Å². The number of cyclic esters (lactones) is 1. The van der Waals surface area contributed by atoms with Crippen molar-refractivity contribution in [1.82, 2.24) is 10.2 Å². The van der Waals surface area contributed by atoms with Crippen LogP contribution in [0.1, 0.15) is 61.5 Å². The molecule has 0 atom stereocenters. The first kappa shape index (κ1) is 16.2. The molecule has 26 heavy (non-hydrogen) atoms. The van der Waals surface area contributed by atoms with E-state index in [2.05, 4.69) is 29.6 Å². The average molecular weight is 354 g/mol. The van der Waals surface area contributed by atoms with Gasteiger partial charge in [-0.1, -0.05) is 24.3 Å². The minimum absolute atomic E-state index is 0.0271. The second kappa shape index (κ2) is 5.73. The Morgan fingerprint density at radius 3 is 2.50 bits per heavy atom. The topological polar surface area (TPSA) is 58.6 Å². The lowest BCUT2D eigenvalue weighted by molar-refractivity contribution is -0.143. The van der Waals surface area contributed by atoms with Crippen LogP contribution in [0.4, 0.5) is 4.79 Å². The lowest BCUT2D eigenvalue weighted by Gasteiger charge is -2.47. The lowest BCUT2D eigenvalue weighted by Crippen LogP contribution is -2.59. The average Bonchev–Trinajstić information content (AvgIpc) is 3.34. The van der Waals surface area contributed by atoms with E-state index in [4.69, 9.17) is 4.74 Å². The standard InChI is InChI=1S/C21H26N2O3/c1-23(19(24)17-10-21(11-17)12-26-20(25)22-21)18-8-16(9-18)15-4-2-3-14(7-15)13-5-6-13/h2-4,7,13,16-18H,5-6,8-12H2,1H3,(H,22,25)/t16-,17-,18+,21+. The van der Waals surface area contributed by atoms with Crippen molar-refractivity contribution in [3.05, 3.63) is 35.4 Å². The van der Waals surface area contributed by atoms with Crippen LogP contribution >= 0.6 is 0 Å². The normalized spacial score (nSPS) is 35.3. The van der Waals surface area contributed by atoms with Crippen molar-refractivity contribution >= 4 is 12.0 Å². The van der Waals surface area contributed by atoms with Crippen molar-refractivity contribution in [3.8, 4) is 0 Å². The zero-order chi connectivity index (χ0) is 17.9. The molecule has 138 valence electrons. The van der Waals surface area contributed by atoms with E-state index in [0.29, 0.717) is 31.4 Å². The molecular formula is C21H26N2O3. The van der Waals surface area contributed by atoms with Gasteiger partial charge in [-0.05, 0) is 61.5 Å². The van der Waals surface area contributed by atoms with E-state index in [1.165, 1.54) is 24.0 Å². The molecule has 5 heteroatoms. The molecule has 1 heterocycles. The van der Waals surface area contributed by atoms with Crippen molar-refractivity contribution in [2.45, 2.75) is 61.9 Å². The largest absolute Gasteiger partial charge is 0.447 e. The zero-order valence-corrected chi connectivity index (χ0v) is 15.2. The Balaban J connectivity index is 1.14. The first-order valence-corrected chi connectivity index (χ1v) is 9.84. The van der Waals surface area contributed by atoms with E-state index in [9.17, 15) is 9.59 Å². The number of ether oxygens (including phenoxy) is 1. The molecule has 4 fully saturated rings. The van der Waals surface area contributed by atoms with Crippen LogP contribution in [-0.2, 0) is 9.53 Å². The molecule has 1 aliphatic heterocycles. The monoisotopic (exact) mass is 354 g/mol. The predicted octanol–water partition coefficient (Wildman–Crippen LogP) is 3.16. The molecule has 1 saturated heterocycles. The highest BCUT2D eigenvalue weighted by molar-refractivity contribution is 5.81. The van der Waals surface area contributed by atoms with Crippen LogP contribution in [-0.4, -0.2) is 42.1 Å². The molecule has 1 spiro atoms. The molecule has 1 aromatic carbocycles. The highest BCUT2D eigenvalue weighted by Crippen LogP contribution is 2.46. The van der Waals surface area contributed by atoms with Crippen LogP contribution in [0.25, 0.3) is 0 Å². The number of hydrogen-bond acceptors (Lipinski definition) is 3. The highest BCUT2D eigenvalue weighted by atomic mass is 16.6. The van der Waals surface area contributed by atoms with E-state index in [-0.39, 0.29) is 23.5 Å². The Hall–Kier alpha value is -2.04. The van der Waals surface area contributed by atoms with Gasteiger partial charge in [-0.2, -0.15) is 0 Å². The van der Waals surface area contributed by atoms with Crippen LogP contribution in [0.3, 0.4) is 0 Å². The van der Waals surface area contributed by atoms with Crippen LogP contribution < -0.4 is 5.32 Å². The first-order valence-electron chi connectivity index (χ1n) is 9.84. The van der Waals surface area contributed by atoms with Crippen LogP contribution in [0.15, 0.2) is 24.3 Å². The number of nitrogens with zero attached hydrogens (tertiary/aromatic N) is 1. The number of nitrogens with one attached hydrogen (secondary N) is 1. The van der Waals surface area contributed by atoms with Crippen molar-refractivity contribution in [1.29, 1.82) is 0 Å². The zero-order valence-electron chi connectivity index (χ0n) is 15.2. The second-order valence-corrected chi connectivity index (χ2v) is 8.80. The quantitative estimate of drug-likeness (QED) is 0.904. The number of alkyl carbamates (subject to hydrolysis) is 1. The third-order valence-electron chi connectivity index (χ3n) is 6.91. The fourth-order valence-corrected chi connectivity index (χ4v) is 4.90. The molecule has 1 N–H and O–H groups in total. The Kier molecular flexibility index (Phi) is 3.56. The van der Waals surface area contributed by atoms with Crippen molar-refractivity contribution in [3.63, 3.8) is 0 Å². The van der Waals surface area contributed by atoms with Crippen LogP contribution in [0, 0.1) is 5.92 Å². The van der Waals surface area contributed by atoms with Gasteiger partial charge < -0.3 is 15.0 Å². The fourth-order valence-electron chi connectivity index (χ4n) is 4.90.